The fourth-order valence-electron chi connectivity index (χ4n) is 3.69. The van der Waals surface area contributed by atoms with Crippen molar-refractivity contribution >= 4 is 6.09 Å². The van der Waals surface area contributed by atoms with E-state index in [9.17, 15) is 9.90 Å². The van der Waals surface area contributed by atoms with Crippen LogP contribution in [0.5, 0.6) is 5.75 Å². The van der Waals surface area contributed by atoms with Crippen LogP contribution in [0.3, 0.4) is 0 Å². The molecule has 1 saturated carbocycles. The fourth-order valence-corrected chi connectivity index (χ4v) is 3.69. The molecular weight excluding hydrogens is 392 g/mol. The minimum Gasteiger partial charge on any atom is -0.490 e. The van der Waals surface area contributed by atoms with Crippen LogP contribution in [0.4, 0.5) is 4.79 Å². The summed E-state index contributed by atoms with van der Waals surface area (Å²) in [5.41, 5.74) is 0.773. The SMILES string of the molecule is CC(C)(C)OC(=O)N1CCC(O)CC1.N#CCCc1ccc(OC2CCCCC2)cc1. The Morgan fingerprint density at radius 2 is 1.71 bits per heavy atom. The number of rotatable bonds is 4. The molecule has 1 heterocycles. The summed E-state index contributed by atoms with van der Waals surface area (Å²) in [6.07, 6.45) is 8.93. The maximum atomic E-state index is 11.5. The van der Waals surface area contributed by atoms with Crippen LogP contribution in [-0.4, -0.2) is 47.0 Å². The zero-order chi connectivity index (χ0) is 22.7. The maximum absolute atomic E-state index is 11.5. The molecule has 0 unspecified atom stereocenters. The van der Waals surface area contributed by atoms with Gasteiger partial charge in [0, 0.05) is 19.5 Å². The second-order valence-corrected chi connectivity index (χ2v) is 9.38. The first kappa shape index (κ1) is 25.0. The van der Waals surface area contributed by atoms with Gasteiger partial charge >= 0.3 is 6.09 Å². The van der Waals surface area contributed by atoms with Crippen LogP contribution in [0.2, 0.25) is 0 Å². The molecular formula is C25H38N2O4. The molecule has 1 saturated heterocycles. The van der Waals surface area contributed by atoms with Crippen molar-refractivity contribution in [3.63, 3.8) is 0 Å². The number of carbonyl (C=O) groups is 1. The lowest BCUT2D eigenvalue weighted by molar-refractivity contribution is 0.0101. The Morgan fingerprint density at radius 3 is 2.26 bits per heavy atom. The standard InChI is InChI=1S/C15H19NO.C10H19NO3/c16-12-4-5-13-8-10-15(11-9-13)17-14-6-2-1-3-7-14;1-10(2,3)14-9(13)11-6-4-8(12)5-7-11/h8-11,14H,1-7H2;8,12H,4-7H2,1-3H3. The van der Waals surface area contributed by atoms with E-state index in [0.29, 0.717) is 38.5 Å². The van der Waals surface area contributed by atoms with Gasteiger partial charge in [0.25, 0.3) is 0 Å². The van der Waals surface area contributed by atoms with Gasteiger partial charge in [-0.05, 0) is 83.4 Å². The molecule has 0 atom stereocenters. The fraction of sp³-hybridized carbons (Fsp3) is 0.680. The monoisotopic (exact) mass is 430 g/mol. The van der Waals surface area contributed by atoms with Crippen molar-refractivity contribution in [3.8, 4) is 11.8 Å². The van der Waals surface area contributed by atoms with Crippen molar-refractivity contribution < 1.29 is 19.4 Å². The van der Waals surface area contributed by atoms with Crippen LogP contribution in [0.1, 0.15) is 77.7 Å². The number of amides is 1. The van der Waals surface area contributed by atoms with Gasteiger partial charge in [0.1, 0.15) is 11.4 Å². The van der Waals surface area contributed by atoms with Gasteiger partial charge in [0.05, 0.1) is 18.3 Å². The first-order valence-electron chi connectivity index (χ1n) is 11.6. The highest BCUT2D eigenvalue weighted by Gasteiger charge is 2.25. The number of carbonyl (C=O) groups excluding carboxylic acids is 1. The number of ether oxygens (including phenoxy) is 2. The highest BCUT2D eigenvalue weighted by atomic mass is 16.6. The first-order valence-corrected chi connectivity index (χ1v) is 11.6. The lowest BCUT2D eigenvalue weighted by Crippen LogP contribution is -2.42. The topological polar surface area (TPSA) is 82.8 Å². The van der Waals surface area contributed by atoms with Gasteiger partial charge < -0.3 is 19.5 Å². The number of nitrogens with zero attached hydrogens (tertiary/aromatic N) is 2. The van der Waals surface area contributed by atoms with E-state index in [1.165, 1.54) is 37.7 Å². The lowest BCUT2D eigenvalue weighted by atomic mass is 9.98. The predicted octanol–water partition coefficient (Wildman–Crippen LogP) is 5.23. The van der Waals surface area contributed by atoms with Gasteiger partial charge in [-0.1, -0.05) is 18.6 Å². The normalized spacial score (nSPS) is 17.8. The van der Waals surface area contributed by atoms with Gasteiger partial charge in [-0.3, -0.25) is 0 Å². The Kier molecular flexibility index (Phi) is 10.1. The molecule has 0 radical (unpaired) electrons. The number of benzene rings is 1. The molecule has 1 amide bonds. The Labute approximate surface area is 187 Å². The summed E-state index contributed by atoms with van der Waals surface area (Å²) in [4.78, 5) is 13.2. The van der Waals surface area contributed by atoms with E-state index in [1.807, 2.05) is 32.9 Å². The molecule has 0 spiro atoms. The van der Waals surface area contributed by atoms with Crippen molar-refractivity contribution in [2.45, 2.75) is 96.4 Å². The molecule has 1 aliphatic heterocycles. The number of aliphatic hydroxyl groups is 1. The van der Waals surface area contributed by atoms with Gasteiger partial charge in [-0.15, -0.1) is 0 Å². The van der Waals surface area contributed by atoms with Crippen molar-refractivity contribution in [1.82, 2.24) is 4.90 Å². The summed E-state index contributed by atoms with van der Waals surface area (Å²) in [6.45, 7) is 6.74. The Bertz CT molecular complexity index is 692. The van der Waals surface area contributed by atoms with Crippen LogP contribution in [0, 0.1) is 11.3 Å². The van der Waals surface area contributed by atoms with Gasteiger partial charge in [0.15, 0.2) is 0 Å². The van der Waals surface area contributed by atoms with E-state index in [4.69, 9.17) is 14.7 Å². The number of nitriles is 1. The molecule has 0 aromatic heterocycles. The third-order valence-electron chi connectivity index (χ3n) is 5.42. The molecule has 2 fully saturated rings. The molecule has 1 aromatic rings. The number of aliphatic hydroxyl groups excluding tert-OH is 1. The van der Waals surface area contributed by atoms with E-state index in [2.05, 4.69) is 18.2 Å². The Morgan fingerprint density at radius 1 is 1.10 bits per heavy atom. The van der Waals surface area contributed by atoms with Gasteiger partial charge in [0.2, 0.25) is 0 Å². The third kappa shape index (κ3) is 10.1. The number of hydrogen-bond donors (Lipinski definition) is 1. The minimum atomic E-state index is -0.437. The van der Waals surface area contributed by atoms with Crippen LogP contribution < -0.4 is 4.74 Å². The summed E-state index contributed by atoms with van der Waals surface area (Å²) in [6, 6.07) is 10.4. The van der Waals surface area contributed by atoms with Crippen LogP contribution in [-0.2, 0) is 11.2 Å². The predicted molar refractivity (Wildman–Crippen MR) is 121 cm³/mol. The lowest BCUT2D eigenvalue weighted by Gasteiger charge is -2.31. The molecule has 2 aliphatic rings. The number of hydrogen-bond acceptors (Lipinski definition) is 5. The molecule has 3 rings (SSSR count). The largest absolute Gasteiger partial charge is 0.490 e. The van der Waals surface area contributed by atoms with E-state index in [1.54, 1.807) is 4.90 Å². The van der Waals surface area contributed by atoms with Crippen molar-refractivity contribution in [3.05, 3.63) is 29.8 Å². The van der Waals surface area contributed by atoms with Gasteiger partial charge in [-0.25, -0.2) is 4.79 Å². The first-order chi connectivity index (χ1) is 14.8. The molecule has 1 aromatic carbocycles. The summed E-state index contributed by atoms with van der Waals surface area (Å²) < 4.78 is 11.2. The van der Waals surface area contributed by atoms with Crippen molar-refractivity contribution in [2.24, 2.45) is 0 Å². The number of likely N-dealkylation sites (tertiary alicyclic amines) is 1. The van der Waals surface area contributed by atoms with Crippen LogP contribution in [0.25, 0.3) is 0 Å². The van der Waals surface area contributed by atoms with E-state index in [-0.39, 0.29) is 12.2 Å². The summed E-state index contributed by atoms with van der Waals surface area (Å²) >= 11 is 0. The maximum Gasteiger partial charge on any atom is 0.410 e. The number of piperidine rings is 1. The average Bonchev–Trinajstić information content (AvgIpc) is 2.74. The highest BCUT2D eigenvalue weighted by molar-refractivity contribution is 5.68. The van der Waals surface area contributed by atoms with Crippen molar-refractivity contribution in [1.29, 1.82) is 5.26 Å². The highest BCUT2D eigenvalue weighted by Crippen LogP contribution is 2.23. The summed E-state index contributed by atoms with van der Waals surface area (Å²) in [7, 11) is 0. The second kappa shape index (κ2) is 12.6. The Hall–Kier alpha value is -2.26. The smallest absolute Gasteiger partial charge is 0.410 e. The van der Waals surface area contributed by atoms with Crippen LogP contribution >= 0.6 is 0 Å². The Balaban J connectivity index is 0.000000225. The molecule has 31 heavy (non-hydrogen) atoms. The molecule has 6 nitrogen and oxygen atoms in total. The molecule has 0 bridgehead atoms. The van der Waals surface area contributed by atoms with Gasteiger partial charge in [-0.2, -0.15) is 5.26 Å². The molecule has 172 valence electrons. The van der Waals surface area contributed by atoms with E-state index in [0.717, 1.165) is 12.2 Å². The van der Waals surface area contributed by atoms with Crippen LogP contribution in [0.15, 0.2) is 24.3 Å². The molecule has 6 heteroatoms. The summed E-state index contributed by atoms with van der Waals surface area (Å²) in [5.74, 6) is 0.970. The molecule has 1 N–H and O–H groups in total. The summed E-state index contributed by atoms with van der Waals surface area (Å²) in [5, 5.41) is 17.8. The minimum absolute atomic E-state index is 0.256. The second-order valence-electron chi connectivity index (χ2n) is 9.38. The average molecular weight is 431 g/mol. The zero-order valence-corrected chi connectivity index (χ0v) is 19.3. The third-order valence-corrected chi connectivity index (χ3v) is 5.42. The quantitative estimate of drug-likeness (QED) is 0.707. The van der Waals surface area contributed by atoms with Crippen molar-refractivity contribution in [2.75, 3.05) is 13.1 Å². The zero-order valence-electron chi connectivity index (χ0n) is 19.3. The van der Waals surface area contributed by atoms with E-state index < -0.39 is 5.60 Å². The van der Waals surface area contributed by atoms with E-state index >= 15 is 0 Å². The molecule has 1 aliphatic carbocycles. The number of aryl methyl sites for hydroxylation is 1.